The van der Waals surface area contributed by atoms with Crippen LogP contribution in [0.5, 0.6) is 0 Å². The Morgan fingerprint density at radius 3 is 2.60 bits per heavy atom. The maximum atomic E-state index is 12.2. The van der Waals surface area contributed by atoms with Gasteiger partial charge in [0.25, 0.3) is 5.91 Å². The highest BCUT2D eigenvalue weighted by Crippen LogP contribution is 2.10. The van der Waals surface area contributed by atoms with Crippen molar-refractivity contribution in [3.05, 3.63) is 53.4 Å². The van der Waals surface area contributed by atoms with E-state index >= 15 is 0 Å². The van der Waals surface area contributed by atoms with Crippen LogP contribution in [0.15, 0.2) is 40.9 Å². The second-order valence-electron chi connectivity index (χ2n) is 5.88. The molecule has 0 aliphatic carbocycles. The number of amides is 2. The molecule has 1 aromatic carbocycles. The minimum atomic E-state index is -0.585. The molecule has 0 saturated carbocycles. The van der Waals surface area contributed by atoms with Crippen molar-refractivity contribution in [2.75, 3.05) is 14.1 Å². The molecule has 0 aliphatic rings. The zero-order valence-corrected chi connectivity index (χ0v) is 14.8. The molecule has 0 aliphatic heterocycles. The summed E-state index contributed by atoms with van der Waals surface area (Å²) in [7, 11) is 3.50. The molecule has 0 bridgehead atoms. The molecule has 0 saturated heterocycles. The summed E-state index contributed by atoms with van der Waals surface area (Å²) in [5.41, 5.74) is 1.37. The van der Waals surface area contributed by atoms with Gasteiger partial charge in [0.05, 0.1) is 6.54 Å². The maximum Gasteiger partial charge on any atom is 0.274 e. The molecular weight excluding hydrogens is 320 g/mol. The van der Waals surface area contributed by atoms with Gasteiger partial charge in [-0.2, -0.15) is 0 Å². The molecule has 1 aromatic heterocycles. The molecule has 2 N–H and O–H groups in total. The summed E-state index contributed by atoms with van der Waals surface area (Å²) in [6, 6.07) is 11.1. The fourth-order valence-electron chi connectivity index (χ4n) is 2.47. The lowest BCUT2D eigenvalue weighted by Gasteiger charge is -2.14. The summed E-state index contributed by atoms with van der Waals surface area (Å²) in [6.07, 6.45) is 0.496. The van der Waals surface area contributed by atoms with Crippen molar-refractivity contribution >= 4 is 11.8 Å². The van der Waals surface area contributed by atoms with E-state index in [0.29, 0.717) is 18.7 Å². The molecular formula is C18H24N4O3. The summed E-state index contributed by atoms with van der Waals surface area (Å²) < 4.78 is 5.24. The first-order chi connectivity index (χ1) is 12.0. The van der Waals surface area contributed by atoms with Crippen molar-refractivity contribution in [2.45, 2.75) is 32.5 Å². The van der Waals surface area contributed by atoms with Gasteiger partial charge in [0, 0.05) is 19.7 Å². The first kappa shape index (κ1) is 18.7. The third-order valence-corrected chi connectivity index (χ3v) is 3.79. The smallest absolute Gasteiger partial charge is 0.274 e. The standard InChI is InChI=1S/C18H24N4O3/c1-4-15(17(23)19-2)20-18(24)16-10-14(25-21-16)12-22(3)11-13-8-6-5-7-9-13/h5-10,15H,4,11-12H2,1-3H3,(H,19,23)(H,20,24). The molecule has 1 heterocycles. The van der Waals surface area contributed by atoms with Crippen molar-refractivity contribution in [1.29, 1.82) is 0 Å². The Labute approximate surface area is 147 Å². The second kappa shape index (κ2) is 8.98. The fraction of sp³-hybridized carbons (Fsp3) is 0.389. The van der Waals surface area contributed by atoms with Gasteiger partial charge in [0.15, 0.2) is 11.5 Å². The van der Waals surface area contributed by atoms with E-state index in [-0.39, 0.29) is 11.6 Å². The highest BCUT2D eigenvalue weighted by molar-refractivity contribution is 5.95. The molecule has 134 valence electrons. The van der Waals surface area contributed by atoms with E-state index in [9.17, 15) is 9.59 Å². The molecule has 0 radical (unpaired) electrons. The third-order valence-electron chi connectivity index (χ3n) is 3.79. The Balaban J connectivity index is 1.92. The lowest BCUT2D eigenvalue weighted by molar-refractivity contribution is -0.122. The van der Waals surface area contributed by atoms with Gasteiger partial charge in [-0.3, -0.25) is 14.5 Å². The number of hydrogen-bond donors (Lipinski definition) is 2. The average molecular weight is 344 g/mol. The summed E-state index contributed by atoms with van der Waals surface area (Å²) in [6.45, 7) is 3.12. The van der Waals surface area contributed by atoms with Crippen molar-refractivity contribution < 1.29 is 14.1 Å². The summed E-state index contributed by atoms with van der Waals surface area (Å²) in [5.74, 6) is -0.0603. The van der Waals surface area contributed by atoms with E-state index in [2.05, 4.69) is 32.8 Å². The van der Waals surface area contributed by atoms with E-state index < -0.39 is 11.9 Å². The van der Waals surface area contributed by atoms with Crippen LogP contribution in [0.3, 0.4) is 0 Å². The van der Waals surface area contributed by atoms with Crippen LogP contribution in [0, 0.1) is 0 Å². The monoisotopic (exact) mass is 344 g/mol. The number of likely N-dealkylation sites (N-methyl/N-ethyl adjacent to an activating group) is 1. The number of rotatable bonds is 8. The zero-order valence-electron chi connectivity index (χ0n) is 14.8. The van der Waals surface area contributed by atoms with E-state index in [0.717, 1.165) is 6.54 Å². The molecule has 0 fully saturated rings. The highest BCUT2D eigenvalue weighted by Gasteiger charge is 2.21. The second-order valence-corrected chi connectivity index (χ2v) is 5.88. The molecule has 2 aromatic rings. The number of aromatic nitrogens is 1. The lowest BCUT2D eigenvalue weighted by Crippen LogP contribution is -2.45. The molecule has 25 heavy (non-hydrogen) atoms. The number of carbonyl (C=O) groups excluding carboxylic acids is 2. The van der Waals surface area contributed by atoms with E-state index in [1.54, 1.807) is 6.07 Å². The van der Waals surface area contributed by atoms with E-state index in [4.69, 9.17) is 4.52 Å². The van der Waals surface area contributed by atoms with Crippen LogP contribution in [0.2, 0.25) is 0 Å². The SMILES string of the molecule is CCC(NC(=O)c1cc(CN(C)Cc2ccccc2)on1)C(=O)NC. The van der Waals surface area contributed by atoms with Gasteiger partial charge in [-0.25, -0.2) is 0 Å². The van der Waals surface area contributed by atoms with Crippen molar-refractivity contribution in [3.63, 3.8) is 0 Å². The van der Waals surface area contributed by atoms with Crippen LogP contribution in [0.4, 0.5) is 0 Å². The molecule has 0 spiro atoms. The first-order valence-electron chi connectivity index (χ1n) is 8.24. The van der Waals surface area contributed by atoms with E-state index in [1.807, 2.05) is 32.2 Å². The minimum Gasteiger partial charge on any atom is -0.359 e. The van der Waals surface area contributed by atoms with Gasteiger partial charge in [-0.15, -0.1) is 0 Å². The van der Waals surface area contributed by atoms with Gasteiger partial charge >= 0.3 is 0 Å². The first-order valence-corrected chi connectivity index (χ1v) is 8.24. The van der Waals surface area contributed by atoms with Gasteiger partial charge in [0.2, 0.25) is 5.91 Å². The van der Waals surface area contributed by atoms with Gasteiger partial charge in [0.1, 0.15) is 6.04 Å². The van der Waals surface area contributed by atoms with Crippen LogP contribution in [-0.4, -0.2) is 42.0 Å². The number of hydrogen-bond acceptors (Lipinski definition) is 5. The van der Waals surface area contributed by atoms with Crippen molar-refractivity contribution in [1.82, 2.24) is 20.7 Å². The molecule has 7 heteroatoms. The minimum absolute atomic E-state index is 0.172. The normalized spacial score (nSPS) is 12.0. The Morgan fingerprint density at radius 1 is 1.24 bits per heavy atom. The Hall–Kier alpha value is -2.67. The lowest BCUT2D eigenvalue weighted by atomic mass is 10.2. The van der Waals surface area contributed by atoms with Gasteiger partial charge < -0.3 is 15.2 Å². The quantitative estimate of drug-likeness (QED) is 0.759. The van der Waals surface area contributed by atoms with Crippen LogP contribution in [0.25, 0.3) is 0 Å². The third kappa shape index (κ3) is 5.42. The average Bonchev–Trinajstić information content (AvgIpc) is 3.08. The van der Waals surface area contributed by atoms with Crippen LogP contribution >= 0.6 is 0 Å². The van der Waals surface area contributed by atoms with Gasteiger partial charge in [-0.1, -0.05) is 42.4 Å². The molecule has 2 rings (SSSR count). The summed E-state index contributed by atoms with van der Waals surface area (Å²) in [4.78, 5) is 25.9. The Kier molecular flexibility index (Phi) is 6.71. The number of nitrogens with zero attached hydrogens (tertiary/aromatic N) is 2. The highest BCUT2D eigenvalue weighted by atomic mass is 16.5. The number of nitrogens with one attached hydrogen (secondary N) is 2. The molecule has 2 amide bonds. The van der Waals surface area contributed by atoms with Gasteiger partial charge in [-0.05, 0) is 19.0 Å². The zero-order chi connectivity index (χ0) is 18.2. The Bertz CT molecular complexity index is 699. The largest absolute Gasteiger partial charge is 0.359 e. The topological polar surface area (TPSA) is 87.5 Å². The summed E-state index contributed by atoms with van der Waals surface area (Å²) in [5, 5.41) is 8.98. The number of benzene rings is 1. The molecule has 1 unspecified atom stereocenters. The number of carbonyl (C=O) groups is 2. The van der Waals surface area contributed by atoms with Crippen molar-refractivity contribution in [3.8, 4) is 0 Å². The van der Waals surface area contributed by atoms with Crippen LogP contribution in [0.1, 0.15) is 35.2 Å². The maximum absolute atomic E-state index is 12.2. The van der Waals surface area contributed by atoms with Crippen LogP contribution < -0.4 is 10.6 Å². The predicted molar refractivity (Wildman–Crippen MR) is 93.7 cm³/mol. The molecule has 7 nitrogen and oxygen atoms in total. The molecule has 1 atom stereocenters. The summed E-state index contributed by atoms with van der Waals surface area (Å²) >= 11 is 0. The Morgan fingerprint density at radius 2 is 1.96 bits per heavy atom. The van der Waals surface area contributed by atoms with E-state index in [1.165, 1.54) is 12.6 Å². The van der Waals surface area contributed by atoms with Crippen LogP contribution in [-0.2, 0) is 17.9 Å². The predicted octanol–water partition coefficient (Wildman–Crippen LogP) is 1.56. The fourth-order valence-corrected chi connectivity index (χ4v) is 2.47. The van der Waals surface area contributed by atoms with Crippen molar-refractivity contribution in [2.24, 2.45) is 0 Å².